The first kappa shape index (κ1) is 20.2. The highest BCUT2D eigenvalue weighted by atomic mass is 32.2. The fourth-order valence-electron chi connectivity index (χ4n) is 2.86. The molecule has 1 N–H and O–H groups in total. The number of carbonyl (C=O) groups excluding carboxylic acids is 1. The Kier molecular flexibility index (Phi) is 6.89. The minimum atomic E-state index is -2.97. The third kappa shape index (κ3) is 7.08. The Morgan fingerprint density at radius 2 is 2.00 bits per heavy atom. The van der Waals surface area contributed by atoms with Crippen molar-refractivity contribution in [2.45, 2.75) is 78.1 Å². The number of ether oxygens (including phenoxy) is 1. The summed E-state index contributed by atoms with van der Waals surface area (Å²) in [5, 5.41) is 3.39. The minimum Gasteiger partial charge on any atom is -0.444 e. The molecule has 1 heterocycles. The number of piperidine rings is 1. The van der Waals surface area contributed by atoms with Crippen molar-refractivity contribution in [1.29, 1.82) is 0 Å². The molecule has 0 aromatic rings. The van der Waals surface area contributed by atoms with Crippen LogP contribution in [0.3, 0.4) is 0 Å². The predicted octanol–water partition coefficient (Wildman–Crippen LogP) is 2.19. The molecule has 23 heavy (non-hydrogen) atoms. The number of hydrogen-bond donors (Lipinski definition) is 1. The molecule has 6 nitrogen and oxygen atoms in total. The molecule has 136 valence electrons. The molecular weight excluding hydrogens is 316 g/mol. The zero-order valence-electron chi connectivity index (χ0n) is 15.3. The Labute approximate surface area is 140 Å². The van der Waals surface area contributed by atoms with Gasteiger partial charge in [0.05, 0.1) is 5.75 Å². The van der Waals surface area contributed by atoms with E-state index in [0.29, 0.717) is 6.54 Å². The van der Waals surface area contributed by atoms with Crippen LogP contribution in [0.25, 0.3) is 0 Å². The van der Waals surface area contributed by atoms with Gasteiger partial charge < -0.3 is 15.0 Å². The highest BCUT2D eigenvalue weighted by Gasteiger charge is 2.32. The van der Waals surface area contributed by atoms with Crippen LogP contribution < -0.4 is 5.32 Å². The van der Waals surface area contributed by atoms with E-state index in [2.05, 4.69) is 5.32 Å². The monoisotopic (exact) mass is 348 g/mol. The molecule has 1 rings (SSSR count). The normalized spacial score (nSPS) is 24.3. The van der Waals surface area contributed by atoms with Crippen LogP contribution in [0.15, 0.2) is 0 Å². The summed E-state index contributed by atoms with van der Waals surface area (Å²) in [4.78, 5) is 13.9. The van der Waals surface area contributed by atoms with E-state index in [4.69, 9.17) is 4.74 Å². The quantitative estimate of drug-likeness (QED) is 0.824. The highest BCUT2D eigenvalue weighted by Crippen LogP contribution is 2.21. The van der Waals surface area contributed by atoms with E-state index in [1.165, 1.54) is 0 Å². The fourth-order valence-corrected chi connectivity index (χ4v) is 3.96. The third-order valence-electron chi connectivity index (χ3n) is 3.97. The maximum absolute atomic E-state index is 12.2. The molecule has 1 amide bonds. The summed E-state index contributed by atoms with van der Waals surface area (Å²) in [6.45, 7) is 11.8. The highest BCUT2D eigenvalue weighted by molar-refractivity contribution is 7.91. The lowest BCUT2D eigenvalue weighted by atomic mass is 9.98. The molecule has 0 radical (unpaired) electrons. The molecule has 1 saturated heterocycles. The first-order valence-electron chi connectivity index (χ1n) is 8.39. The van der Waals surface area contributed by atoms with Gasteiger partial charge in [-0.25, -0.2) is 13.2 Å². The van der Waals surface area contributed by atoms with Gasteiger partial charge in [-0.3, -0.25) is 0 Å². The smallest absolute Gasteiger partial charge is 0.410 e. The summed E-state index contributed by atoms with van der Waals surface area (Å²) in [6, 6.07) is 0.224. The number of sulfone groups is 1. The Balaban J connectivity index is 2.51. The van der Waals surface area contributed by atoms with E-state index in [1.807, 2.05) is 34.6 Å². The SMILES string of the molecule is CCS(=O)(=O)CC(C)NC1CCN(C(=O)OC(C)(C)C)C(C)C1. The van der Waals surface area contributed by atoms with Crippen LogP contribution in [-0.2, 0) is 14.6 Å². The Morgan fingerprint density at radius 1 is 1.39 bits per heavy atom. The van der Waals surface area contributed by atoms with Crippen molar-refractivity contribution in [3.05, 3.63) is 0 Å². The van der Waals surface area contributed by atoms with Gasteiger partial charge in [-0.15, -0.1) is 0 Å². The van der Waals surface area contributed by atoms with Gasteiger partial charge in [-0.2, -0.15) is 0 Å². The van der Waals surface area contributed by atoms with E-state index in [9.17, 15) is 13.2 Å². The maximum Gasteiger partial charge on any atom is 0.410 e. The number of rotatable bonds is 5. The van der Waals surface area contributed by atoms with Crippen molar-refractivity contribution in [2.75, 3.05) is 18.1 Å². The first-order chi connectivity index (χ1) is 10.4. The lowest BCUT2D eigenvalue weighted by Crippen LogP contribution is -2.53. The fraction of sp³-hybridized carbons (Fsp3) is 0.938. The van der Waals surface area contributed by atoms with E-state index >= 15 is 0 Å². The largest absolute Gasteiger partial charge is 0.444 e. The van der Waals surface area contributed by atoms with Crippen LogP contribution in [0.1, 0.15) is 54.4 Å². The van der Waals surface area contributed by atoms with Gasteiger partial charge >= 0.3 is 6.09 Å². The summed E-state index contributed by atoms with van der Waals surface area (Å²) in [7, 11) is -2.97. The Bertz CT molecular complexity index is 499. The lowest BCUT2D eigenvalue weighted by Gasteiger charge is -2.39. The molecule has 0 aliphatic carbocycles. The molecule has 0 aromatic carbocycles. The Morgan fingerprint density at radius 3 is 2.48 bits per heavy atom. The zero-order chi connectivity index (χ0) is 17.8. The zero-order valence-corrected chi connectivity index (χ0v) is 16.1. The van der Waals surface area contributed by atoms with Crippen molar-refractivity contribution in [2.24, 2.45) is 0 Å². The number of likely N-dealkylation sites (tertiary alicyclic amines) is 1. The average Bonchev–Trinajstić information content (AvgIpc) is 2.35. The van der Waals surface area contributed by atoms with Gasteiger partial charge in [0.25, 0.3) is 0 Å². The van der Waals surface area contributed by atoms with E-state index in [0.717, 1.165) is 12.8 Å². The molecule has 3 atom stereocenters. The summed E-state index contributed by atoms with van der Waals surface area (Å²) in [6.07, 6.45) is 1.33. The van der Waals surface area contributed by atoms with Crippen LogP contribution in [0.4, 0.5) is 4.79 Å². The lowest BCUT2D eigenvalue weighted by molar-refractivity contribution is 0.00916. The van der Waals surface area contributed by atoms with Crippen LogP contribution >= 0.6 is 0 Å². The topological polar surface area (TPSA) is 75.7 Å². The standard InChI is InChI=1S/C16H32N2O4S/c1-7-23(20,21)11-12(2)17-14-8-9-18(13(3)10-14)15(19)22-16(4,5)6/h12-14,17H,7-11H2,1-6H3. The molecule has 1 fully saturated rings. The number of hydrogen-bond acceptors (Lipinski definition) is 5. The van der Waals surface area contributed by atoms with Crippen molar-refractivity contribution < 1.29 is 17.9 Å². The van der Waals surface area contributed by atoms with Crippen LogP contribution in [0, 0.1) is 0 Å². The minimum absolute atomic E-state index is 0.0751. The molecule has 1 aliphatic rings. The summed E-state index contributed by atoms with van der Waals surface area (Å²) < 4.78 is 28.8. The summed E-state index contributed by atoms with van der Waals surface area (Å²) in [5.74, 6) is 0.330. The number of amides is 1. The van der Waals surface area contributed by atoms with Crippen molar-refractivity contribution in [1.82, 2.24) is 10.2 Å². The van der Waals surface area contributed by atoms with Gasteiger partial charge in [0.1, 0.15) is 5.60 Å². The molecule has 3 unspecified atom stereocenters. The van der Waals surface area contributed by atoms with Crippen LogP contribution in [0.5, 0.6) is 0 Å². The van der Waals surface area contributed by atoms with Crippen LogP contribution in [0.2, 0.25) is 0 Å². The van der Waals surface area contributed by atoms with Gasteiger partial charge in [0, 0.05) is 30.4 Å². The maximum atomic E-state index is 12.2. The average molecular weight is 349 g/mol. The van der Waals surface area contributed by atoms with E-state index in [-0.39, 0.29) is 35.7 Å². The van der Waals surface area contributed by atoms with Crippen molar-refractivity contribution in [3.8, 4) is 0 Å². The predicted molar refractivity (Wildman–Crippen MR) is 92.3 cm³/mol. The van der Waals surface area contributed by atoms with Crippen molar-refractivity contribution in [3.63, 3.8) is 0 Å². The molecule has 0 spiro atoms. The van der Waals surface area contributed by atoms with Gasteiger partial charge in [-0.05, 0) is 47.5 Å². The molecule has 0 saturated carbocycles. The number of carbonyl (C=O) groups is 1. The molecular formula is C16H32N2O4S. The summed E-state index contributed by atoms with van der Waals surface area (Å²) >= 11 is 0. The van der Waals surface area contributed by atoms with E-state index < -0.39 is 15.4 Å². The Hall–Kier alpha value is -0.820. The molecule has 0 aromatic heterocycles. The second-order valence-electron chi connectivity index (χ2n) is 7.51. The summed E-state index contributed by atoms with van der Waals surface area (Å²) in [5.41, 5.74) is -0.491. The van der Waals surface area contributed by atoms with Gasteiger partial charge in [0.15, 0.2) is 9.84 Å². The molecule has 1 aliphatic heterocycles. The van der Waals surface area contributed by atoms with Gasteiger partial charge in [-0.1, -0.05) is 6.92 Å². The third-order valence-corrected chi connectivity index (χ3v) is 5.86. The van der Waals surface area contributed by atoms with E-state index in [1.54, 1.807) is 11.8 Å². The second kappa shape index (κ2) is 7.83. The van der Waals surface area contributed by atoms with Gasteiger partial charge in [0.2, 0.25) is 0 Å². The second-order valence-corrected chi connectivity index (χ2v) is 9.91. The van der Waals surface area contributed by atoms with Crippen LogP contribution in [-0.4, -0.2) is 61.2 Å². The van der Waals surface area contributed by atoms with Crippen molar-refractivity contribution >= 4 is 15.9 Å². The molecule has 0 bridgehead atoms. The first-order valence-corrected chi connectivity index (χ1v) is 10.2. The number of nitrogens with one attached hydrogen (secondary N) is 1. The number of nitrogens with zero attached hydrogens (tertiary/aromatic N) is 1. The molecule has 7 heteroatoms.